The summed E-state index contributed by atoms with van der Waals surface area (Å²) < 4.78 is 4.92. The second-order valence-electron chi connectivity index (χ2n) is 3.08. The smallest absolute Gasteiger partial charge is 0.117 e. The number of aliphatic hydroxyl groups is 3. The summed E-state index contributed by atoms with van der Waals surface area (Å²) in [5.74, 6) is 0. The van der Waals surface area contributed by atoms with E-state index in [9.17, 15) is 10.2 Å². The molecule has 0 radical (unpaired) electrons. The molecule has 0 aromatic heterocycles. The Balaban J connectivity index is 2.65. The van der Waals surface area contributed by atoms with Gasteiger partial charge in [0.2, 0.25) is 0 Å². The highest BCUT2D eigenvalue weighted by molar-refractivity contribution is 4.96. The van der Waals surface area contributed by atoms with Crippen LogP contribution in [-0.2, 0) is 4.74 Å². The molecule has 0 saturated carbocycles. The average molecular weight is 178 g/mol. The molecule has 1 saturated heterocycles. The summed E-state index contributed by atoms with van der Waals surface area (Å²) in [7, 11) is 0. The number of ether oxygens (including phenoxy) is 1. The summed E-state index contributed by atoms with van der Waals surface area (Å²) in [6, 6.07) is 0. The van der Waals surface area contributed by atoms with Crippen molar-refractivity contribution in [3.05, 3.63) is 0 Å². The first-order valence-electron chi connectivity index (χ1n) is 3.65. The van der Waals surface area contributed by atoms with E-state index >= 15 is 0 Å². The van der Waals surface area contributed by atoms with Crippen LogP contribution in [0.2, 0.25) is 0 Å². The van der Waals surface area contributed by atoms with Crippen molar-refractivity contribution in [3.63, 3.8) is 0 Å². The molecule has 1 fully saturated rings. The van der Waals surface area contributed by atoms with E-state index in [4.69, 9.17) is 21.3 Å². The van der Waals surface area contributed by atoms with E-state index in [0.29, 0.717) is 0 Å². The van der Waals surface area contributed by atoms with Crippen LogP contribution < -0.4 is 11.5 Å². The predicted molar refractivity (Wildman–Crippen MR) is 39.9 cm³/mol. The van der Waals surface area contributed by atoms with Crippen molar-refractivity contribution in [2.45, 2.75) is 24.0 Å². The van der Waals surface area contributed by atoms with Crippen LogP contribution in [0.5, 0.6) is 0 Å². The van der Waals surface area contributed by atoms with Crippen LogP contribution in [0.15, 0.2) is 0 Å². The molecule has 7 N–H and O–H groups in total. The van der Waals surface area contributed by atoms with Crippen molar-refractivity contribution in [1.29, 1.82) is 0 Å². The lowest BCUT2D eigenvalue weighted by molar-refractivity contribution is -0.181. The van der Waals surface area contributed by atoms with Crippen LogP contribution in [0.3, 0.4) is 0 Å². The van der Waals surface area contributed by atoms with Gasteiger partial charge in [0.05, 0.1) is 13.2 Å². The van der Waals surface area contributed by atoms with Gasteiger partial charge in [0.25, 0.3) is 0 Å². The number of rotatable bonds is 1. The first kappa shape index (κ1) is 9.85. The Hall–Kier alpha value is -0.240. The fraction of sp³-hybridized carbons (Fsp3) is 1.00. The molecule has 0 spiro atoms. The number of hydrogen-bond acceptors (Lipinski definition) is 6. The van der Waals surface area contributed by atoms with Gasteiger partial charge in [0, 0.05) is 0 Å². The molecule has 0 aromatic rings. The molecule has 0 bridgehead atoms. The predicted octanol–water partition coefficient (Wildman–Crippen LogP) is -3.29. The minimum Gasteiger partial charge on any atom is -0.394 e. The molecular formula is C6H14N2O4. The molecule has 72 valence electrons. The highest BCUT2D eigenvalue weighted by Gasteiger charge is 2.44. The molecule has 0 unspecified atom stereocenters. The van der Waals surface area contributed by atoms with Gasteiger partial charge in [-0.05, 0) is 0 Å². The van der Waals surface area contributed by atoms with Gasteiger partial charge in [-0.2, -0.15) is 0 Å². The normalized spacial score (nSPS) is 41.2. The lowest BCUT2D eigenvalue weighted by Crippen LogP contribution is -2.71. The van der Waals surface area contributed by atoms with Crippen molar-refractivity contribution < 1.29 is 20.1 Å². The number of aliphatic hydroxyl groups excluding tert-OH is 3. The van der Waals surface area contributed by atoms with Crippen molar-refractivity contribution in [3.8, 4) is 0 Å². The molecule has 12 heavy (non-hydrogen) atoms. The van der Waals surface area contributed by atoms with Gasteiger partial charge < -0.3 is 31.5 Å². The van der Waals surface area contributed by atoms with Crippen molar-refractivity contribution >= 4 is 0 Å². The summed E-state index contributed by atoms with van der Waals surface area (Å²) in [6.07, 6.45) is -3.32. The lowest BCUT2D eigenvalue weighted by Gasteiger charge is -2.41. The van der Waals surface area contributed by atoms with Gasteiger partial charge in [-0.25, -0.2) is 0 Å². The highest BCUT2D eigenvalue weighted by Crippen LogP contribution is 2.17. The van der Waals surface area contributed by atoms with E-state index in [2.05, 4.69) is 0 Å². The van der Waals surface area contributed by atoms with Crippen LogP contribution in [-0.4, -0.2) is 52.5 Å². The molecule has 1 heterocycles. The molecule has 0 amide bonds. The summed E-state index contributed by atoms with van der Waals surface area (Å²) in [5, 5.41) is 27.3. The zero-order valence-electron chi connectivity index (χ0n) is 6.55. The minimum absolute atomic E-state index is 0.0869. The van der Waals surface area contributed by atoms with Crippen molar-refractivity contribution in [1.82, 2.24) is 0 Å². The summed E-state index contributed by atoms with van der Waals surface area (Å²) >= 11 is 0. The quantitative estimate of drug-likeness (QED) is 0.268. The highest BCUT2D eigenvalue weighted by atomic mass is 16.5. The van der Waals surface area contributed by atoms with Crippen molar-refractivity contribution in [2.24, 2.45) is 11.5 Å². The van der Waals surface area contributed by atoms with Gasteiger partial charge in [-0.1, -0.05) is 0 Å². The molecule has 1 rings (SSSR count). The zero-order valence-corrected chi connectivity index (χ0v) is 6.55. The van der Waals surface area contributed by atoms with E-state index < -0.39 is 24.0 Å². The fourth-order valence-electron chi connectivity index (χ4n) is 1.12. The van der Waals surface area contributed by atoms with Gasteiger partial charge >= 0.3 is 0 Å². The topological polar surface area (TPSA) is 122 Å². The first-order chi connectivity index (χ1) is 5.49. The average Bonchev–Trinajstić information content (AvgIpc) is 2.01. The van der Waals surface area contributed by atoms with Gasteiger partial charge in [0.15, 0.2) is 0 Å². The molecule has 6 heteroatoms. The third kappa shape index (κ3) is 1.58. The van der Waals surface area contributed by atoms with Crippen molar-refractivity contribution in [2.75, 3.05) is 13.2 Å². The van der Waals surface area contributed by atoms with Crippen LogP contribution >= 0.6 is 0 Å². The van der Waals surface area contributed by atoms with Crippen LogP contribution in [0.4, 0.5) is 0 Å². The second kappa shape index (κ2) is 3.25. The van der Waals surface area contributed by atoms with Crippen LogP contribution in [0, 0.1) is 0 Å². The standard InChI is InChI=1S/C6H14N2O4/c7-6(8)2-12-3(1-9)4(10)5(6)11/h3-5,9-11H,1-2,7-8H2/t3-,4-,5+/m1/s1. The maximum atomic E-state index is 9.32. The molecule has 0 aromatic carbocycles. The molecule has 0 aliphatic carbocycles. The van der Waals surface area contributed by atoms with E-state index in [1.54, 1.807) is 0 Å². The molecule has 1 aliphatic heterocycles. The molecule has 3 atom stereocenters. The van der Waals surface area contributed by atoms with Gasteiger partial charge in [-0.15, -0.1) is 0 Å². The Labute approximate surface area is 69.7 Å². The fourth-order valence-corrected chi connectivity index (χ4v) is 1.12. The Morgan fingerprint density at radius 2 is 2.00 bits per heavy atom. The SMILES string of the molecule is NC1(N)CO[C@H](CO)[C@@H](O)[C@@H]1O. The third-order valence-electron chi connectivity index (χ3n) is 1.98. The Kier molecular flexibility index (Phi) is 2.67. The lowest BCUT2D eigenvalue weighted by atomic mass is 9.94. The largest absolute Gasteiger partial charge is 0.394 e. The van der Waals surface area contributed by atoms with Gasteiger partial charge in [-0.3, -0.25) is 0 Å². The van der Waals surface area contributed by atoms with E-state index in [1.165, 1.54) is 0 Å². The monoisotopic (exact) mass is 178 g/mol. The van der Waals surface area contributed by atoms with E-state index in [1.807, 2.05) is 0 Å². The van der Waals surface area contributed by atoms with Crippen LogP contribution in [0.25, 0.3) is 0 Å². The number of hydrogen-bond donors (Lipinski definition) is 5. The maximum absolute atomic E-state index is 9.32. The maximum Gasteiger partial charge on any atom is 0.117 e. The Morgan fingerprint density at radius 3 is 2.50 bits per heavy atom. The molecule has 1 aliphatic rings. The Morgan fingerprint density at radius 1 is 1.42 bits per heavy atom. The molecular weight excluding hydrogens is 164 g/mol. The van der Waals surface area contributed by atoms with E-state index in [-0.39, 0.29) is 13.2 Å². The van der Waals surface area contributed by atoms with Gasteiger partial charge in [0.1, 0.15) is 24.0 Å². The summed E-state index contributed by atoms with van der Waals surface area (Å²) in [5.41, 5.74) is 9.34. The van der Waals surface area contributed by atoms with Crippen LogP contribution in [0.1, 0.15) is 0 Å². The third-order valence-corrected chi connectivity index (χ3v) is 1.98. The second-order valence-corrected chi connectivity index (χ2v) is 3.08. The summed E-state index contributed by atoms with van der Waals surface area (Å²) in [6.45, 7) is -0.454. The zero-order chi connectivity index (χ0) is 9.35. The Bertz CT molecular complexity index is 164. The minimum atomic E-state index is -1.44. The first-order valence-corrected chi connectivity index (χ1v) is 3.65. The summed E-state index contributed by atoms with van der Waals surface area (Å²) in [4.78, 5) is 0. The number of nitrogens with two attached hydrogens (primary N) is 2. The molecule has 6 nitrogen and oxygen atoms in total. The van der Waals surface area contributed by atoms with E-state index in [0.717, 1.165) is 0 Å².